The third-order valence-corrected chi connectivity index (χ3v) is 3.77. The number of nitrogens with zero attached hydrogens (tertiary/aromatic N) is 4. The van der Waals surface area contributed by atoms with Crippen LogP contribution in [0.3, 0.4) is 0 Å². The van der Waals surface area contributed by atoms with Crippen LogP contribution in [0.25, 0.3) is 0 Å². The predicted molar refractivity (Wildman–Crippen MR) is 89.9 cm³/mol. The molecule has 0 aliphatic carbocycles. The molecule has 0 saturated carbocycles. The zero-order valence-electron chi connectivity index (χ0n) is 11.2. The lowest BCUT2D eigenvalue weighted by molar-refractivity contribution is 0.818. The van der Waals surface area contributed by atoms with Crippen molar-refractivity contribution in [1.82, 2.24) is 0 Å². The summed E-state index contributed by atoms with van der Waals surface area (Å²) in [6, 6.07) is 15.8. The average Bonchev–Trinajstić information content (AvgIpc) is 2.46. The molecule has 20 heavy (non-hydrogen) atoms. The molecule has 0 bridgehead atoms. The first-order chi connectivity index (χ1) is 9.56. The van der Waals surface area contributed by atoms with E-state index in [1.165, 1.54) is 0 Å². The third kappa shape index (κ3) is 4.05. The van der Waals surface area contributed by atoms with E-state index >= 15 is 0 Å². The van der Waals surface area contributed by atoms with Gasteiger partial charge in [0.05, 0.1) is 11.4 Å². The highest BCUT2D eigenvalue weighted by Gasteiger charge is 2.01. The van der Waals surface area contributed by atoms with Crippen LogP contribution in [0.1, 0.15) is 0 Å². The molecule has 0 amide bonds. The van der Waals surface area contributed by atoms with Gasteiger partial charge in [-0.15, -0.1) is 0 Å². The second-order valence-electron chi connectivity index (χ2n) is 4.18. The Labute approximate surface area is 135 Å². The SMILES string of the molecule is CN(/N=N/N(C)c1ccc(Br)cc1)c1ccc(Br)cc1. The molecule has 0 N–H and O–H groups in total. The Hall–Kier alpha value is -1.40. The number of hydrogen-bond donors (Lipinski definition) is 0. The molecule has 4 nitrogen and oxygen atoms in total. The summed E-state index contributed by atoms with van der Waals surface area (Å²) in [5.41, 5.74) is 1.95. The Bertz CT molecular complexity index is 528. The topological polar surface area (TPSA) is 31.2 Å². The van der Waals surface area contributed by atoms with Gasteiger partial charge in [-0.25, -0.2) is 10.0 Å². The summed E-state index contributed by atoms with van der Waals surface area (Å²) in [4.78, 5) is 0. The third-order valence-electron chi connectivity index (χ3n) is 2.71. The van der Waals surface area contributed by atoms with E-state index in [1.54, 1.807) is 10.0 Å². The molecule has 6 heteroatoms. The van der Waals surface area contributed by atoms with Gasteiger partial charge in [-0.3, -0.25) is 0 Å². The second-order valence-corrected chi connectivity index (χ2v) is 6.01. The van der Waals surface area contributed by atoms with Crippen LogP contribution < -0.4 is 10.0 Å². The smallest absolute Gasteiger partial charge is 0.0609 e. The standard InChI is InChI=1S/C14H14Br2N4/c1-19(13-7-3-11(15)4-8-13)17-18-20(2)14-9-5-12(16)6-10-14/h3-10H,1-2H3/b18-17+. The second kappa shape index (κ2) is 6.85. The van der Waals surface area contributed by atoms with Crippen LogP contribution >= 0.6 is 31.9 Å². The van der Waals surface area contributed by atoms with Crippen molar-refractivity contribution in [1.29, 1.82) is 0 Å². The lowest BCUT2D eigenvalue weighted by Gasteiger charge is -2.15. The molecule has 104 valence electrons. The van der Waals surface area contributed by atoms with Crippen LogP contribution in [0.5, 0.6) is 0 Å². The molecule has 2 aromatic rings. The minimum atomic E-state index is 0.973. The molecule has 0 saturated heterocycles. The molecule has 0 radical (unpaired) electrons. The highest BCUT2D eigenvalue weighted by Crippen LogP contribution is 2.19. The summed E-state index contributed by atoms with van der Waals surface area (Å²) in [6.07, 6.45) is 0. The summed E-state index contributed by atoms with van der Waals surface area (Å²) >= 11 is 6.82. The average molecular weight is 398 g/mol. The van der Waals surface area contributed by atoms with E-state index in [4.69, 9.17) is 0 Å². The van der Waals surface area contributed by atoms with Gasteiger partial charge >= 0.3 is 0 Å². The van der Waals surface area contributed by atoms with Gasteiger partial charge in [0.25, 0.3) is 0 Å². The van der Waals surface area contributed by atoms with Crippen molar-refractivity contribution in [3.8, 4) is 0 Å². The van der Waals surface area contributed by atoms with E-state index in [1.807, 2.05) is 62.6 Å². The molecule has 0 aliphatic rings. The first kappa shape index (κ1) is 15.0. The van der Waals surface area contributed by atoms with Gasteiger partial charge in [-0.05, 0) is 59.0 Å². The summed E-state index contributed by atoms with van der Waals surface area (Å²) in [5, 5.41) is 11.8. The number of halogens is 2. The zero-order chi connectivity index (χ0) is 14.5. The molecular formula is C14H14Br2N4. The molecule has 0 aliphatic heterocycles. The monoisotopic (exact) mass is 396 g/mol. The first-order valence-electron chi connectivity index (χ1n) is 5.96. The van der Waals surface area contributed by atoms with E-state index in [0.717, 1.165) is 20.3 Å². The van der Waals surface area contributed by atoms with Gasteiger partial charge in [0.15, 0.2) is 0 Å². The minimum absolute atomic E-state index is 0.973. The van der Waals surface area contributed by atoms with E-state index in [-0.39, 0.29) is 0 Å². The zero-order valence-corrected chi connectivity index (χ0v) is 14.3. The van der Waals surface area contributed by atoms with Crippen molar-refractivity contribution in [3.05, 3.63) is 57.5 Å². The summed E-state index contributed by atoms with van der Waals surface area (Å²) in [5.74, 6) is 0. The van der Waals surface area contributed by atoms with Crippen molar-refractivity contribution >= 4 is 43.2 Å². The number of hydrogen-bond acceptors (Lipinski definition) is 2. The van der Waals surface area contributed by atoms with Gasteiger partial charge in [0.2, 0.25) is 0 Å². The molecule has 2 rings (SSSR count). The maximum Gasteiger partial charge on any atom is 0.0609 e. The van der Waals surface area contributed by atoms with Gasteiger partial charge in [0.1, 0.15) is 0 Å². The van der Waals surface area contributed by atoms with Gasteiger partial charge < -0.3 is 0 Å². The van der Waals surface area contributed by atoms with Gasteiger partial charge in [-0.2, -0.15) is 0 Å². The molecule has 0 fully saturated rings. The van der Waals surface area contributed by atoms with Crippen LogP contribution in [-0.2, 0) is 0 Å². The fourth-order valence-corrected chi connectivity index (χ4v) is 2.07. The molecule has 0 spiro atoms. The van der Waals surface area contributed by atoms with Crippen molar-refractivity contribution < 1.29 is 0 Å². The fourth-order valence-electron chi connectivity index (χ4n) is 1.54. The van der Waals surface area contributed by atoms with E-state index in [2.05, 4.69) is 42.3 Å². The van der Waals surface area contributed by atoms with E-state index < -0.39 is 0 Å². The van der Waals surface area contributed by atoms with Crippen molar-refractivity contribution in [2.75, 3.05) is 24.1 Å². The molecular weight excluding hydrogens is 384 g/mol. The van der Waals surface area contributed by atoms with Crippen LogP contribution in [0.2, 0.25) is 0 Å². The highest BCUT2D eigenvalue weighted by atomic mass is 79.9. The van der Waals surface area contributed by atoms with Crippen molar-refractivity contribution in [2.24, 2.45) is 10.4 Å². The Morgan fingerprint density at radius 2 is 0.950 bits per heavy atom. The maximum absolute atomic E-state index is 4.18. The van der Waals surface area contributed by atoms with Crippen LogP contribution in [0.15, 0.2) is 67.9 Å². The van der Waals surface area contributed by atoms with Crippen LogP contribution in [-0.4, -0.2) is 14.1 Å². The quantitative estimate of drug-likeness (QED) is 0.532. The number of benzene rings is 2. The van der Waals surface area contributed by atoms with E-state index in [9.17, 15) is 0 Å². The van der Waals surface area contributed by atoms with Crippen molar-refractivity contribution in [2.45, 2.75) is 0 Å². The lowest BCUT2D eigenvalue weighted by atomic mass is 10.3. The fraction of sp³-hybridized carbons (Fsp3) is 0.143. The Morgan fingerprint density at radius 3 is 1.25 bits per heavy atom. The largest absolute Gasteiger partial charge is 0.249 e. The normalized spacial score (nSPS) is 10.8. The lowest BCUT2D eigenvalue weighted by Crippen LogP contribution is -2.12. The minimum Gasteiger partial charge on any atom is -0.249 e. The van der Waals surface area contributed by atoms with E-state index in [0.29, 0.717) is 0 Å². The highest BCUT2D eigenvalue weighted by molar-refractivity contribution is 9.10. The number of anilines is 2. The molecule has 0 aromatic heterocycles. The summed E-state index contributed by atoms with van der Waals surface area (Å²) in [6.45, 7) is 0. The number of rotatable bonds is 4. The van der Waals surface area contributed by atoms with Crippen LogP contribution in [0.4, 0.5) is 11.4 Å². The summed E-state index contributed by atoms with van der Waals surface area (Å²) < 4.78 is 2.08. The molecule has 0 heterocycles. The Morgan fingerprint density at radius 1 is 0.650 bits per heavy atom. The van der Waals surface area contributed by atoms with Crippen molar-refractivity contribution in [3.63, 3.8) is 0 Å². The predicted octanol–water partition coefficient (Wildman–Crippen LogP) is 5.07. The van der Waals surface area contributed by atoms with Crippen LogP contribution in [0, 0.1) is 0 Å². The summed E-state index contributed by atoms with van der Waals surface area (Å²) in [7, 11) is 3.73. The van der Waals surface area contributed by atoms with Gasteiger partial charge in [-0.1, -0.05) is 31.9 Å². The maximum atomic E-state index is 4.18. The molecule has 0 atom stereocenters. The molecule has 2 aromatic carbocycles. The Balaban J connectivity index is 2.04. The first-order valence-corrected chi connectivity index (χ1v) is 7.55. The van der Waals surface area contributed by atoms with Gasteiger partial charge in [0, 0.05) is 23.0 Å². The molecule has 0 unspecified atom stereocenters. The Kier molecular flexibility index (Phi) is 5.14.